The molecule has 0 aromatic carbocycles. The van der Waals surface area contributed by atoms with Crippen molar-refractivity contribution in [1.82, 2.24) is 4.90 Å². The molecule has 4 unspecified atom stereocenters. The van der Waals surface area contributed by atoms with Crippen LogP contribution >= 0.6 is 0 Å². The Morgan fingerprint density at radius 1 is 1.30 bits per heavy atom. The number of amides is 1. The summed E-state index contributed by atoms with van der Waals surface area (Å²) in [5, 5.41) is 0. The molecule has 4 heteroatoms. The maximum atomic E-state index is 12.6. The molecule has 0 aromatic heterocycles. The van der Waals surface area contributed by atoms with Crippen LogP contribution in [0.5, 0.6) is 0 Å². The van der Waals surface area contributed by atoms with Gasteiger partial charge >= 0.3 is 0 Å². The number of hydrogen-bond donors (Lipinski definition) is 1. The van der Waals surface area contributed by atoms with Crippen molar-refractivity contribution in [1.29, 1.82) is 0 Å². The van der Waals surface area contributed by atoms with Gasteiger partial charge in [-0.25, -0.2) is 0 Å². The van der Waals surface area contributed by atoms with E-state index in [0.29, 0.717) is 5.92 Å². The van der Waals surface area contributed by atoms with Gasteiger partial charge in [0.05, 0.1) is 18.2 Å². The Kier molecular flexibility index (Phi) is 6.96. The third-order valence-corrected chi connectivity index (χ3v) is 4.45. The Morgan fingerprint density at radius 2 is 1.85 bits per heavy atom. The lowest BCUT2D eigenvalue weighted by Crippen LogP contribution is -2.51. The molecular weight excluding hydrogens is 252 g/mol. The van der Waals surface area contributed by atoms with Crippen LogP contribution in [-0.4, -0.2) is 42.1 Å². The van der Waals surface area contributed by atoms with E-state index in [1.807, 2.05) is 11.8 Å². The molecule has 0 bridgehead atoms. The molecule has 0 spiro atoms. The van der Waals surface area contributed by atoms with Crippen molar-refractivity contribution in [3.8, 4) is 0 Å². The summed E-state index contributed by atoms with van der Waals surface area (Å²) in [6.07, 6.45) is 3.26. The summed E-state index contributed by atoms with van der Waals surface area (Å²) < 4.78 is 5.73. The summed E-state index contributed by atoms with van der Waals surface area (Å²) in [5.41, 5.74) is 6.26. The minimum atomic E-state index is -0.382. The molecule has 1 aliphatic rings. The SMILES string of the molecule is CCC(C)CN(CC)C(=O)C(N)C1CC(C)OC(C)C1. The van der Waals surface area contributed by atoms with E-state index in [1.165, 1.54) is 0 Å². The molecule has 1 heterocycles. The van der Waals surface area contributed by atoms with Crippen molar-refractivity contribution in [2.75, 3.05) is 13.1 Å². The number of hydrogen-bond acceptors (Lipinski definition) is 3. The number of rotatable bonds is 6. The fourth-order valence-electron chi connectivity index (χ4n) is 3.04. The zero-order valence-electron chi connectivity index (χ0n) is 13.8. The van der Waals surface area contributed by atoms with E-state index >= 15 is 0 Å². The minimum absolute atomic E-state index is 0.110. The second kappa shape index (κ2) is 7.99. The maximum Gasteiger partial charge on any atom is 0.239 e. The van der Waals surface area contributed by atoms with Gasteiger partial charge in [0.15, 0.2) is 0 Å². The minimum Gasteiger partial charge on any atom is -0.376 e. The fraction of sp³-hybridized carbons (Fsp3) is 0.938. The molecular formula is C16H32N2O2. The number of ether oxygens (including phenoxy) is 1. The average Bonchev–Trinajstić information content (AvgIpc) is 2.41. The Bertz CT molecular complexity index is 299. The highest BCUT2D eigenvalue weighted by Gasteiger charge is 2.34. The molecule has 1 aliphatic heterocycles. The molecule has 0 aromatic rings. The van der Waals surface area contributed by atoms with E-state index in [4.69, 9.17) is 10.5 Å². The largest absolute Gasteiger partial charge is 0.376 e. The van der Waals surface area contributed by atoms with Gasteiger partial charge in [-0.3, -0.25) is 4.79 Å². The molecule has 4 nitrogen and oxygen atoms in total. The molecule has 1 rings (SSSR count). The number of carbonyl (C=O) groups excluding carboxylic acids is 1. The van der Waals surface area contributed by atoms with Crippen LogP contribution in [0.15, 0.2) is 0 Å². The van der Waals surface area contributed by atoms with Crippen LogP contribution < -0.4 is 5.73 Å². The molecule has 0 aliphatic carbocycles. The number of nitrogens with zero attached hydrogens (tertiary/aromatic N) is 1. The van der Waals surface area contributed by atoms with Crippen LogP contribution in [0.2, 0.25) is 0 Å². The van der Waals surface area contributed by atoms with Crippen LogP contribution in [0.4, 0.5) is 0 Å². The van der Waals surface area contributed by atoms with E-state index < -0.39 is 0 Å². The van der Waals surface area contributed by atoms with E-state index in [1.54, 1.807) is 0 Å². The summed E-state index contributed by atoms with van der Waals surface area (Å²) >= 11 is 0. The van der Waals surface area contributed by atoms with E-state index in [-0.39, 0.29) is 30.1 Å². The zero-order valence-corrected chi connectivity index (χ0v) is 13.8. The lowest BCUT2D eigenvalue weighted by Gasteiger charge is -2.36. The molecule has 0 radical (unpaired) electrons. The first-order chi connectivity index (χ1) is 9.38. The van der Waals surface area contributed by atoms with Crippen LogP contribution in [0, 0.1) is 11.8 Å². The fourth-order valence-corrected chi connectivity index (χ4v) is 3.04. The van der Waals surface area contributed by atoms with Crippen molar-refractivity contribution in [2.24, 2.45) is 17.6 Å². The molecule has 1 fully saturated rings. The number of carbonyl (C=O) groups is 1. The first kappa shape index (κ1) is 17.4. The topological polar surface area (TPSA) is 55.6 Å². The van der Waals surface area contributed by atoms with Crippen molar-refractivity contribution >= 4 is 5.91 Å². The Hall–Kier alpha value is -0.610. The van der Waals surface area contributed by atoms with E-state index in [2.05, 4.69) is 27.7 Å². The second-order valence-electron chi connectivity index (χ2n) is 6.40. The van der Waals surface area contributed by atoms with Crippen molar-refractivity contribution in [3.63, 3.8) is 0 Å². The lowest BCUT2D eigenvalue weighted by atomic mass is 9.86. The van der Waals surface area contributed by atoms with E-state index in [0.717, 1.165) is 32.4 Å². The van der Waals surface area contributed by atoms with Gasteiger partial charge in [0.1, 0.15) is 0 Å². The van der Waals surface area contributed by atoms with Crippen molar-refractivity contribution in [3.05, 3.63) is 0 Å². The van der Waals surface area contributed by atoms with E-state index in [9.17, 15) is 4.79 Å². The summed E-state index contributed by atoms with van der Waals surface area (Å²) in [7, 11) is 0. The predicted molar refractivity (Wildman–Crippen MR) is 82.4 cm³/mol. The van der Waals surface area contributed by atoms with Crippen LogP contribution in [0.25, 0.3) is 0 Å². The Morgan fingerprint density at radius 3 is 2.30 bits per heavy atom. The van der Waals surface area contributed by atoms with Gasteiger partial charge in [0, 0.05) is 13.1 Å². The molecule has 20 heavy (non-hydrogen) atoms. The van der Waals surface area contributed by atoms with Crippen LogP contribution in [0.1, 0.15) is 53.9 Å². The summed E-state index contributed by atoms with van der Waals surface area (Å²) in [4.78, 5) is 14.5. The molecule has 118 valence electrons. The molecule has 1 saturated heterocycles. The third-order valence-electron chi connectivity index (χ3n) is 4.45. The predicted octanol–water partition coefficient (Wildman–Crippen LogP) is 2.41. The van der Waals surface area contributed by atoms with Gasteiger partial charge in [-0.1, -0.05) is 20.3 Å². The zero-order chi connectivity index (χ0) is 15.3. The van der Waals surface area contributed by atoms with Gasteiger partial charge in [-0.05, 0) is 45.4 Å². The lowest BCUT2D eigenvalue weighted by molar-refractivity contribution is -0.136. The first-order valence-electron chi connectivity index (χ1n) is 8.08. The monoisotopic (exact) mass is 284 g/mol. The Balaban J connectivity index is 2.63. The third kappa shape index (κ3) is 4.74. The van der Waals surface area contributed by atoms with Crippen molar-refractivity contribution in [2.45, 2.75) is 72.1 Å². The standard InChI is InChI=1S/C16H32N2O2/c1-6-11(3)10-18(7-2)16(19)15(17)14-8-12(4)20-13(5)9-14/h11-15H,6-10,17H2,1-5H3. The summed E-state index contributed by atoms with van der Waals surface area (Å²) in [5.74, 6) is 0.880. The second-order valence-corrected chi connectivity index (χ2v) is 6.40. The average molecular weight is 284 g/mol. The maximum absolute atomic E-state index is 12.6. The molecule has 1 amide bonds. The van der Waals surface area contributed by atoms with Gasteiger partial charge in [-0.2, -0.15) is 0 Å². The van der Waals surface area contributed by atoms with Crippen LogP contribution in [-0.2, 0) is 9.53 Å². The van der Waals surface area contributed by atoms with Gasteiger partial charge in [0.25, 0.3) is 0 Å². The molecule has 2 N–H and O–H groups in total. The highest BCUT2D eigenvalue weighted by atomic mass is 16.5. The number of nitrogens with two attached hydrogens (primary N) is 1. The van der Waals surface area contributed by atoms with Gasteiger partial charge < -0.3 is 15.4 Å². The van der Waals surface area contributed by atoms with Crippen LogP contribution in [0.3, 0.4) is 0 Å². The Labute approximate surface area is 124 Å². The van der Waals surface area contributed by atoms with Crippen molar-refractivity contribution < 1.29 is 9.53 Å². The van der Waals surface area contributed by atoms with Gasteiger partial charge in [0.2, 0.25) is 5.91 Å². The number of likely N-dealkylation sites (N-methyl/N-ethyl adjacent to an activating group) is 1. The van der Waals surface area contributed by atoms with Gasteiger partial charge in [-0.15, -0.1) is 0 Å². The highest BCUT2D eigenvalue weighted by Crippen LogP contribution is 2.27. The quantitative estimate of drug-likeness (QED) is 0.815. The summed E-state index contributed by atoms with van der Waals surface area (Å²) in [6, 6.07) is -0.382. The normalized spacial score (nSPS) is 29.8. The smallest absolute Gasteiger partial charge is 0.239 e. The first-order valence-corrected chi connectivity index (χ1v) is 8.08. The molecule has 4 atom stereocenters. The molecule has 0 saturated carbocycles. The summed E-state index contributed by atoms with van der Waals surface area (Å²) in [6.45, 7) is 12.1. The highest BCUT2D eigenvalue weighted by molar-refractivity contribution is 5.82.